The molecule has 1 aliphatic heterocycles. The largest absolute Gasteiger partial charge is 0.481 e. The number of carboxylic acid groups (broad SMARTS) is 2. The summed E-state index contributed by atoms with van der Waals surface area (Å²) in [5.41, 5.74) is 0.608. The molecule has 12 nitrogen and oxygen atoms in total. The van der Waals surface area contributed by atoms with Crippen LogP contribution in [0.4, 0.5) is 0 Å². The fourth-order valence-corrected chi connectivity index (χ4v) is 2.93. The Bertz CT molecular complexity index is 896. The van der Waals surface area contributed by atoms with E-state index in [2.05, 4.69) is 10.6 Å². The molecular formula is C20H23N3O9. The minimum Gasteiger partial charge on any atom is -0.481 e. The van der Waals surface area contributed by atoms with Gasteiger partial charge in [-0.2, -0.15) is 0 Å². The molecule has 2 atom stereocenters. The molecule has 1 aromatic rings. The van der Waals surface area contributed by atoms with Crippen LogP contribution in [0.25, 0.3) is 0 Å². The summed E-state index contributed by atoms with van der Waals surface area (Å²) in [7, 11) is 0. The molecule has 12 heteroatoms. The van der Waals surface area contributed by atoms with Crippen LogP contribution < -0.4 is 10.6 Å². The van der Waals surface area contributed by atoms with Crippen molar-refractivity contribution in [1.29, 1.82) is 0 Å². The molecule has 32 heavy (non-hydrogen) atoms. The smallest absolute Gasteiger partial charge is 0.326 e. The SMILES string of the molecule is C[C@@H](NC(=O)COCCN1C(=O)c2ccccc2C1=O)C(=O)N[C@@H](CCC(=O)O)C(=O)O. The normalized spacial score (nSPS) is 14.5. The van der Waals surface area contributed by atoms with E-state index in [1.54, 1.807) is 24.3 Å². The molecule has 0 aliphatic carbocycles. The third-order valence-electron chi connectivity index (χ3n) is 4.60. The Morgan fingerprint density at radius 1 is 1.03 bits per heavy atom. The highest BCUT2D eigenvalue weighted by molar-refractivity contribution is 6.21. The maximum atomic E-state index is 12.2. The molecular weight excluding hydrogens is 426 g/mol. The first-order valence-electron chi connectivity index (χ1n) is 9.69. The monoisotopic (exact) mass is 449 g/mol. The van der Waals surface area contributed by atoms with E-state index in [-0.39, 0.29) is 19.6 Å². The summed E-state index contributed by atoms with van der Waals surface area (Å²) in [6.07, 6.45) is -0.753. The molecule has 0 spiro atoms. The summed E-state index contributed by atoms with van der Waals surface area (Å²) in [6, 6.07) is 3.88. The molecule has 2 rings (SSSR count). The van der Waals surface area contributed by atoms with Crippen molar-refractivity contribution in [3.05, 3.63) is 35.4 Å². The first-order valence-corrected chi connectivity index (χ1v) is 9.69. The van der Waals surface area contributed by atoms with Crippen LogP contribution in [-0.4, -0.2) is 82.5 Å². The van der Waals surface area contributed by atoms with E-state index < -0.39 is 60.7 Å². The van der Waals surface area contributed by atoms with Gasteiger partial charge < -0.3 is 25.6 Å². The molecule has 0 saturated carbocycles. The van der Waals surface area contributed by atoms with Crippen molar-refractivity contribution in [3.63, 3.8) is 0 Å². The fourth-order valence-electron chi connectivity index (χ4n) is 2.93. The fraction of sp³-hybridized carbons (Fsp3) is 0.400. The second kappa shape index (κ2) is 11.0. The number of hydrogen-bond acceptors (Lipinski definition) is 7. The highest BCUT2D eigenvalue weighted by Crippen LogP contribution is 2.21. The van der Waals surface area contributed by atoms with Crippen LogP contribution >= 0.6 is 0 Å². The summed E-state index contributed by atoms with van der Waals surface area (Å²) >= 11 is 0. The predicted molar refractivity (Wildman–Crippen MR) is 107 cm³/mol. The minimum atomic E-state index is -1.41. The van der Waals surface area contributed by atoms with E-state index in [1.807, 2.05) is 0 Å². The number of rotatable bonds is 12. The summed E-state index contributed by atoms with van der Waals surface area (Å²) in [6.45, 7) is 0.708. The topological polar surface area (TPSA) is 179 Å². The molecule has 0 aromatic heterocycles. The number of ether oxygens (including phenoxy) is 1. The number of carbonyl (C=O) groups is 6. The van der Waals surface area contributed by atoms with Crippen molar-refractivity contribution in [2.45, 2.75) is 31.8 Å². The highest BCUT2D eigenvalue weighted by atomic mass is 16.5. The van der Waals surface area contributed by atoms with Crippen molar-refractivity contribution in [1.82, 2.24) is 15.5 Å². The lowest BCUT2D eigenvalue weighted by atomic mass is 10.1. The highest BCUT2D eigenvalue weighted by Gasteiger charge is 2.34. The van der Waals surface area contributed by atoms with Crippen LogP contribution in [0.5, 0.6) is 0 Å². The number of imide groups is 1. The average Bonchev–Trinajstić information content (AvgIpc) is 2.98. The van der Waals surface area contributed by atoms with Crippen LogP contribution in [-0.2, 0) is 23.9 Å². The Labute approximate surface area is 182 Å². The van der Waals surface area contributed by atoms with Crippen molar-refractivity contribution < 1.29 is 43.7 Å². The first-order chi connectivity index (χ1) is 15.1. The maximum Gasteiger partial charge on any atom is 0.326 e. The lowest BCUT2D eigenvalue weighted by molar-refractivity contribution is -0.143. The van der Waals surface area contributed by atoms with Crippen molar-refractivity contribution >= 4 is 35.6 Å². The van der Waals surface area contributed by atoms with E-state index in [4.69, 9.17) is 14.9 Å². The van der Waals surface area contributed by atoms with Crippen LogP contribution in [0.3, 0.4) is 0 Å². The van der Waals surface area contributed by atoms with Crippen LogP contribution in [0.2, 0.25) is 0 Å². The van der Waals surface area contributed by atoms with Gasteiger partial charge >= 0.3 is 11.9 Å². The van der Waals surface area contributed by atoms with Gasteiger partial charge in [0.25, 0.3) is 11.8 Å². The number of fused-ring (bicyclic) bond motifs is 1. The van der Waals surface area contributed by atoms with Gasteiger partial charge in [-0.1, -0.05) is 12.1 Å². The molecule has 0 bridgehead atoms. The molecule has 0 fully saturated rings. The molecule has 0 radical (unpaired) electrons. The Morgan fingerprint density at radius 2 is 1.62 bits per heavy atom. The summed E-state index contributed by atoms with van der Waals surface area (Å²) in [4.78, 5) is 71.2. The lowest BCUT2D eigenvalue weighted by Gasteiger charge is -2.18. The number of carbonyl (C=O) groups excluding carboxylic acids is 4. The average molecular weight is 449 g/mol. The van der Waals surface area contributed by atoms with Gasteiger partial charge in [0.15, 0.2) is 0 Å². The van der Waals surface area contributed by atoms with Crippen molar-refractivity contribution in [2.75, 3.05) is 19.8 Å². The Kier molecular flexibility index (Phi) is 8.41. The Balaban J connectivity index is 1.73. The number of carboxylic acids is 2. The predicted octanol–water partition coefficient (Wildman–Crippen LogP) is -0.762. The maximum absolute atomic E-state index is 12.2. The summed E-state index contributed by atoms with van der Waals surface area (Å²) < 4.78 is 5.17. The molecule has 1 aliphatic rings. The molecule has 4 N–H and O–H groups in total. The Morgan fingerprint density at radius 3 is 2.16 bits per heavy atom. The van der Waals surface area contributed by atoms with E-state index in [0.29, 0.717) is 11.1 Å². The number of nitrogens with zero attached hydrogens (tertiary/aromatic N) is 1. The van der Waals surface area contributed by atoms with Gasteiger partial charge in [0.1, 0.15) is 18.7 Å². The molecule has 0 unspecified atom stereocenters. The summed E-state index contributed by atoms with van der Waals surface area (Å²) in [5.74, 6) is -4.96. The van der Waals surface area contributed by atoms with E-state index >= 15 is 0 Å². The zero-order valence-corrected chi connectivity index (χ0v) is 17.2. The number of hydrogen-bond donors (Lipinski definition) is 4. The zero-order chi connectivity index (χ0) is 23.8. The van der Waals surface area contributed by atoms with Gasteiger partial charge in [0.2, 0.25) is 11.8 Å². The number of aliphatic carboxylic acids is 2. The molecule has 0 saturated heterocycles. The third kappa shape index (κ3) is 6.35. The summed E-state index contributed by atoms with van der Waals surface area (Å²) in [5, 5.41) is 22.2. The Hall–Kier alpha value is -3.80. The second-order valence-electron chi connectivity index (χ2n) is 6.98. The van der Waals surface area contributed by atoms with Gasteiger partial charge in [-0.05, 0) is 25.5 Å². The third-order valence-corrected chi connectivity index (χ3v) is 4.60. The second-order valence-corrected chi connectivity index (χ2v) is 6.98. The zero-order valence-electron chi connectivity index (χ0n) is 17.2. The van der Waals surface area contributed by atoms with Crippen molar-refractivity contribution in [3.8, 4) is 0 Å². The number of amides is 4. The van der Waals surface area contributed by atoms with E-state index in [9.17, 15) is 28.8 Å². The van der Waals surface area contributed by atoms with E-state index in [1.165, 1.54) is 6.92 Å². The number of benzene rings is 1. The minimum absolute atomic E-state index is 0.0560. The van der Waals surface area contributed by atoms with Crippen molar-refractivity contribution in [2.24, 2.45) is 0 Å². The van der Waals surface area contributed by atoms with Crippen LogP contribution in [0, 0.1) is 0 Å². The standard InChI is InChI=1S/C20H23N3O9/c1-11(17(27)22-14(20(30)31)6-7-16(25)26)21-15(24)10-32-9-8-23-18(28)12-4-2-3-5-13(12)19(23)29/h2-5,11,14H,6-10H2,1H3,(H,21,24)(H,22,27)(H,25,26)(H,30,31)/t11-,14+/m1/s1. The number of nitrogens with one attached hydrogen (secondary N) is 2. The quantitative estimate of drug-likeness (QED) is 0.236. The van der Waals surface area contributed by atoms with Gasteiger partial charge in [0.05, 0.1) is 24.3 Å². The molecule has 1 heterocycles. The molecule has 1 aromatic carbocycles. The molecule has 172 valence electrons. The van der Waals surface area contributed by atoms with Crippen LogP contribution in [0.1, 0.15) is 40.5 Å². The molecule has 4 amide bonds. The lowest BCUT2D eigenvalue weighted by Crippen LogP contribution is -2.51. The van der Waals surface area contributed by atoms with Gasteiger partial charge in [-0.15, -0.1) is 0 Å². The van der Waals surface area contributed by atoms with Gasteiger partial charge in [0, 0.05) is 6.42 Å². The first kappa shape index (κ1) is 24.5. The van der Waals surface area contributed by atoms with E-state index in [0.717, 1.165) is 4.90 Å². The van der Waals surface area contributed by atoms with Gasteiger partial charge in [-0.3, -0.25) is 28.9 Å². The van der Waals surface area contributed by atoms with Crippen LogP contribution in [0.15, 0.2) is 24.3 Å². The van der Waals surface area contributed by atoms with Gasteiger partial charge in [-0.25, -0.2) is 4.79 Å².